The van der Waals surface area contributed by atoms with Crippen molar-refractivity contribution in [2.24, 2.45) is 0 Å². The Morgan fingerprint density at radius 1 is 1.00 bits per heavy atom. The Morgan fingerprint density at radius 3 is 2.25 bits per heavy atom. The highest BCUT2D eigenvalue weighted by Crippen LogP contribution is 2.24. The van der Waals surface area contributed by atoms with Crippen LogP contribution in [0.25, 0.3) is 0 Å². The van der Waals surface area contributed by atoms with Crippen molar-refractivity contribution in [2.45, 2.75) is 6.61 Å². The normalized spacial score (nSPS) is 10.7. The first-order chi connectivity index (χ1) is 7.75. The van der Waals surface area contributed by atoms with E-state index in [9.17, 15) is 0 Å². The highest BCUT2D eigenvalue weighted by atomic mass is 35.5. The highest BCUT2D eigenvalue weighted by Gasteiger charge is 2.04. The number of hydrogen-bond acceptors (Lipinski definition) is 3. The van der Waals surface area contributed by atoms with Gasteiger partial charge in [0.15, 0.2) is 0 Å². The second-order valence-corrected chi connectivity index (χ2v) is 3.90. The van der Waals surface area contributed by atoms with E-state index >= 15 is 0 Å². The molecule has 1 N–H and O–H groups in total. The van der Waals surface area contributed by atoms with Crippen LogP contribution < -0.4 is 0 Å². The lowest BCUT2D eigenvalue weighted by Gasteiger charge is -2.08. The molecule has 0 saturated carbocycles. The molecule has 1 rings (SSSR count). The summed E-state index contributed by atoms with van der Waals surface area (Å²) in [5.41, 5.74) is 0.785. The van der Waals surface area contributed by atoms with Crippen molar-refractivity contribution in [1.82, 2.24) is 0 Å². The molecule has 0 fully saturated rings. The van der Waals surface area contributed by atoms with Gasteiger partial charge in [0.2, 0.25) is 0 Å². The molecule has 0 saturated heterocycles. The fraction of sp³-hybridized carbons (Fsp3) is 0.455. The summed E-state index contributed by atoms with van der Waals surface area (Å²) in [7, 11) is 0. The van der Waals surface area contributed by atoms with Gasteiger partial charge in [-0.05, 0) is 12.1 Å². The van der Waals surface area contributed by atoms with Crippen molar-refractivity contribution in [1.29, 1.82) is 0 Å². The molecule has 0 aliphatic carbocycles. The minimum absolute atomic E-state index is 0.0241. The first-order valence-electron chi connectivity index (χ1n) is 4.95. The minimum atomic E-state index is 0.0241. The van der Waals surface area contributed by atoms with Crippen LogP contribution in [0.2, 0.25) is 10.0 Å². The van der Waals surface area contributed by atoms with Crippen LogP contribution in [0.15, 0.2) is 18.2 Å². The first kappa shape index (κ1) is 13.7. The zero-order valence-electron chi connectivity index (χ0n) is 8.79. The summed E-state index contributed by atoms with van der Waals surface area (Å²) < 4.78 is 10.4. The average Bonchev–Trinajstić information content (AvgIpc) is 2.26. The molecule has 5 heteroatoms. The predicted molar refractivity (Wildman–Crippen MR) is 64.0 cm³/mol. The maximum atomic E-state index is 8.47. The average molecular weight is 265 g/mol. The summed E-state index contributed by atoms with van der Waals surface area (Å²) in [5, 5.41) is 9.67. The van der Waals surface area contributed by atoms with Gasteiger partial charge in [-0.25, -0.2) is 0 Å². The SMILES string of the molecule is OCCOCCOCc1c(Cl)cccc1Cl. The fourth-order valence-electron chi connectivity index (χ4n) is 1.13. The molecule has 0 unspecified atom stereocenters. The number of benzene rings is 1. The van der Waals surface area contributed by atoms with E-state index in [1.54, 1.807) is 18.2 Å². The molecule has 0 amide bonds. The monoisotopic (exact) mass is 264 g/mol. The summed E-state index contributed by atoms with van der Waals surface area (Å²) in [6.07, 6.45) is 0. The van der Waals surface area contributed by atoms with Gasteiger partial charge in [0, 0.05) is 15.6 Å². The Morgan fingerprint density at radius 2 is 1.62 bits per heavy atom. The quantitative estimate of drug-likeness (QED) is 0.770. The van der Waals surface area contributed by atoms with E-state index in [2.05, 4.69) is 0 Å². The minimum Gasteiger partial charge on any atom is -0.394 e. The fourth-order valence-corrected chi connectivity index (χ4v) is 1.64. The van der Waals surface area contributed by atoms with E-state index in [0.717, 1.165) is 5.56 Å². The zero-order valence-corrected chi connectivity index (χ0v) is 10.3. The predicted octanol–water partition coefficient (Wildman–Crippen LogP) is 2.52. The zero-order chi connectivity index (χ0) is 11.8. The smallest absolute Gasteiger partial charge is 0.0747 e. The second-order valence-electron chi connectivity index (χ2n) is 3.09. The van der Waals surface area contributed by atoms with E-state index in [4.69, 9.17) is 37.8 Å². The molecular weight excluding hydrogens is 251 g/mol. The van der Waals surface area contributed by atoms with Gasteiger partial charge >= 0.3 is 0 Å². The molecule has 16 heavy (non-hydrogen) atoms. The molecule has 90 valence electrons. The van der Waals surface area contributed by atoms with Gasteiger partial charge in [-0.3, -0.25) is 0 Å². The molecule has 0 aromatic heterocycles. The van der Waals surface area contributed by atoms with Crippen molar-refractivity contribution in [3.8, 4) is 0 Å². The molecule has 0 aliphatic heterocycles. The topological polar surface area (TPSA) is 38.7 Å². The third kappa shape index (κ3) is 4.68. The Labute approximate surface area is 105 Å². The van der Waals surface area contributed by atoms with Crippen LogP contribution in [0, 0.1) is 0 Å². The summed E-state index contributed by atoms with van der Waals surface area (Å²) in [5.74, 6) is 0. The van der Waals surface area contributed by atoms with Crippen LogP contribution in [-0.2, 0) is 16.1 Å². The van der Waals surface area contributed by atoms with Gasteiger partial charge in [0.25, 0.3) is 0 Å². The molecule has 0 bridgehead atoms. The van der Waals surface area contributed by atoms with Crippen LogP contribution in [0.5, 0.6) is 0 Å². The van der Waals surface area contributed by atoms with Gasteiger partial charge < -0.3 is 14.6 Å². The molecular formula is C11H14Cl2O3. The Hall–Kier alpha value is -0.320. The number of halogens is 2. The van der Waals surface area contributed by atoms with Crippen molar-refractivity contribution in [3.05, 3.63) is 33.8 Å². The van der Waals surface area contributed by atoms with Gasteiger partial charge in [-0.1, -0.05) is 29.3 Å². The molecule has 0 aliphatic rings. The molecule has 1 aromatic rings. The third-order valence-corrected chi connectivity index (χ3v) is 2.62. The summed E-state index contributed by atoms with van der Waals surface area (Å²) in [6.45, 7) is 1.61. The van der Waals surface area contributed by atoms with E-state index in [-0.39, 0.29) is 6.61 Å². The Balaban J connectivity index is 2.26. The summed E-state index contributed by atoms with van der Waals surface area (Å²) >= 11 is 11.9. The van der Waals surface area contributed by atoms with Crippen LogP contribution in [0.4, 0.5) is 0 Å². The van der Waals surface area contributed by atoms with Crippen LogP contribution >= 0.6 is 23.2 Å². The van der Waals surface area contributed by atoms with Gasteiger partial charge in [-0.15, -0.1) is 0 Å². The third-order valence-electron chi connectivity index (χ3n) is 1.92. The Bertz CT molecular complexity index is 298. The maximum Gasteiger partial charge on any atom is 0.0747 e. The standard InChI is InChI=1S/C11H14Cl2O3/c12-10-2-1-3-11(13)9(10)8-16-7-6-15-5-4-14/h1-3,14H,4-8H2. The van der Waals surface area contributed by atoms with Crippen molar-refractivity contribution < 1.29 is 14.6 Å². The lowest BCUT2D eigenvalue weighted by Crippen LogP contribution is -2.07. The number of ether oxygens (including phenoxy) is 2. The van der Waals surface area contributed by atoms with E-state index in [0.29, 0.717) is 36.5 Å². The molecule has 0 radical (unpaired) electrons. The first-order valence-corrected chi connectivity index (χ1v) is 5.70. The molecule has 3 nitrogen and oxygen atoms in total. The highest BCUT2D eigenvalue weighted by molar-refractivity contribution is 6.35. The number of hydrogen-bond donors (Lipinski definition) is 1. The van der Waals surface area contributed by atoms with Crippen molar-refractivity contribution in [3.63, 3.8) is 0 Å². The largest absolute Gasteiger partial charge is 0.394 e. The van der Waals surface area contributed by atoms with Crippen molar-refractivity contribution in [2.75, 3.05) is 26.4 Å². The number of rotatable bonds is 7. The van der Waals surface area contributed by atoms with Gasteiger partial charge in [0.05, 0.1) is 33.0 Å². The van der Waals surface area contributed by atoms with E-state index < -0.39 is 0 Å². The van der Waals surface area contributed by atoms with Crippen LogP contribution in [-0.4, -0.2) is 31.5 Å². The van der Waals surface area contributed by atoms with Crippen LogP contribution in [0.1, 0.15) is 5.56 Å². The lowest BCUT2D eigenvalue weighted by atomic mass is 10.2. The second kappa shape index (κ2) is 7.87. The molecule has 0 atom stereocenters. The summed E-state index contributed by atoms with van der Waals surface area (Å²) in [4.78, 5) is 0. The van der Waals surface area contributed by atoms with Gasteiger partial charge in [-0.2, -0.15) is 0 Å². The van der Waals surface area contributed by atoms with E-state index in [1.807, 2.05) is 0 Å². The maximum absolute atomic E-state index is 8.47. The Kier molecular flexibility index (Phi) is 6.76. The van der Waals surface area contributed by atoms with Gasteiger partial charge in [0.1, 0.15) is 0 Å². The molecule has 0 spiro atoms. The number of aliphatic hydroxyl groups is 1. The molecule has 1 aromatic carbocycles. The molecule has 0 heterocycles. The van der Waals surface area contributed by atoms with E-state index in [1.165, 1.54) is 0 Å². The van der Waals surface area contributed by atoms with Crippen molar-refractivity contribution >= 4 is 23.2 Å². The summed E-state index contributed by atoms with van der Waals surface area (Å²) in [6, 6.07) is 5.33. The van der Waals surface area contributed by atoms with Crippen LogP contribution in [0.3, 0.4) is 0 Å². The lowest BCUT2D eigenvalue weighted by molar-refractivity contribution is 0.0274. The number of aliphatic hydroxyl groups excluding tert-OH is 1.